The van der Waals surface area contributed by atoms with Gasteiger partial charge in [-0.2, -0.15) is 0 Å². The molecule has 4 nitrogen and oxygen atoms in total. The van der Waals surface area contributed by atoms with Crippen LogP contribution < -0.4 is 5.32 Å². The van der Waals surface area contributed by atoms with Gasteiger partial charge in [0.2, 0.25) is 5.91 Å². The Labute approximate surface area is 327 Å². The molecule has 0 saturated heterocycles. The molecule has 0 aliphatic rings. The standard InChI is InChI=1S/C48H95NO3/c1-3-5-7-9-11-13-15-17-19-21-23-24-25-26-28-30-32-34-36-38-40-42-44-48(52)49-46(45-50)47(51)43-41-39-37-35-33-31-29-27-22-20-18-16-14-12-10-8-6-4-2/h25-26,46-47,50-51H,3-24,27-45H2,1-2H3,(H,49,52)/b26-25-. The van der Waals surface area contributed by atoms with Crippen molar-refractivity contribution in [1.82, 2.24) is 5.32 Å². The van der Waals surface area contributed by atoms with Crippen molar-refractivity contribution in [3.63, 3.8) is 0 Å². The molecule has 0 spiro atoms. The van der Waals surface area contributed by atoms with E-state index in [1.807, 2.05) is 0 Å². The minimum absolute atomic E-state index is 0.0316. The lowest BCUT2D eigenvalue weighted by atomic mass is 10.0. The van der Waals surface area contributed by atoms with E-state index in [0.717, 1.165) is 25.7 Å². The summed E-state index contributed by atoms with van der Waals surface area (Å²) in [6.07, 6.45) is 55.9. The Bertz CT molecular complexity index is 710. The number of allylic oxidation sites excluding steroid dienone is 2. The number of aliphatic hydroxyl groups is 2. The zero-order valence-corrected chi connectivity index (χ0v) is 35.6. The highest BCUT2D eigenvalue weighted by Crippen LogP contribution is 2.17. The number of rotatable bonds is 44. The molecule has 0 aromatic carbocycles. The van der Waals surface area contributed by atoms with Crippen molar-refractivity contribution in [1.29, 1.82) is 0 Å². The van der Waals surface area contributed by atoms with Crippen molar-refractivity contribution in [2.45, 2.75) is 283 Å². The SMILES string of the molecule is CCCCCCCCCCCCC/C=C\CCCCCCCCCC(=O)NC(CO)C(O)CCCCCCCCCCCCCCCCCCCC. The molecule has 0 aliphatic heterocycles. The maximum Gasteiger partial charge on any atom is 0.220 e. The highest BCUT2D eigenvalue weighted by Gasteiger charge is 2.20. The highest BCUT2D eigenvalue weighted by molar-refractivity contribution is 5.76. The summed E-state index contributed by atoms with van der Waals surface area (Å²) in [4.78, 5) is 12.4. The summed E-state index contributed by atoms with van der Waals surface area (Å²) < 4.78 is 0. The van der Waals surface area contributed by atoms with Gasteiger partial charge < -0.3 is 15.5 Å². The molecular formula is C48H95NO3. The van der Waals surface area contributed by atoms with Gasteiger partial charge in [-0.05, 0) is 38.5 Å². The van der Waals surface area contributed by atoms with E-state index in [9.17, 15) is 15.0 Å². The second-order valence-electron chi connectivity index (χ2n) is 16.5. The molecule has 0 heterocycles. The zero-order valence-electron chi connectivity index (χ0n) is 35.6. The third kappa shape index (κ3) is 40.3. The first-order valence-electron chi connectivity index (χ1n) is 23.9. The monoisotopic (exact) mass is 734 g/mol. The van der Waals surface area contributed by atoms with E-state index < -0.39 is 12.1 Å². The lowest BCUT2D eigenvalue weighted by molar-refractivity contribution is -0.123. The highest BCUT2D eigenvalue weighted by atomic mass is 16.3. The molecule has 0 aliphatic carbocycles. The molecule has 0 aromatic heterocycles. The van der Waals surface area contributed by atoms with Crippen LogP contribution in [0, 0.1) is 0 Å². The van der Waals surface area contributed by atoms with Crippen LogP contribution in [-0.2, 0) is 4.79 Å². The molecule has 0 aromatic rings. The summed E-state index contributed by atoms with van der Waals surface area (Å²) in [6, 6.07) is -0.535. The molecule has 0 fully saturated rings. The van der Waals surface area contributed by atoms with E-state index in [0.29, 0.717) is 12.8 Å². The molecule has 52 heavy (non-hydrogen) atoms. The number of hydrogen-bond acceptors (Lipinski definition) is 3. The zero-order chi connectivity index (χ0) is 37.8. The fourth-order valence-electron chi connectivity index (χ4n) is 7.59. The topological polar surface area (TPSA) is 69.6 Å². The average molecular weight is 734 g/mol. The Kier molecular flexibility index (Phi) is 43.8. The van der Waals surface area contributed by atoms with Gasteiger partial charge in [0.15, 0.2) is 0 Å². The van der Waals surface area contributed by atoms with Gasteiger partial charge in [-0.25, -0.2) is 0 Å². The van der Waals surface area contributed by atoms with Crippen LogP contribution in [0.5, 0.6) is 0 Å². The van der Waals surface area contributed by atoms with Gasteiger partial charge in [-0.1, -0.05) is 238 Å². The van der Waals surface area contributed by atoms with Gasteiger partial charge in [0.1, 0.15) is 0 Å². The number of amides is 1. The van der Waals surface area contributed by atoms with Gasteiger partial charge in [-0.3, -0.25) is 4.79 Å². The van der Waals surface area contributed by atoms with Gasteiger partial charge in [0, 0.05) is 6.42 Å². The van der Waals surface area contributed by atoms with Gasteiger partial charge >= 0.3 is 0 Å². The summed E-state index contributed by atoms with van der Waals surface area (Å²) >= 11 is 0. The molecule has 0 bridgehead atoms. The van der Waals surface area contributed by atoms with E-state index >= 15 is 0 Å². The van der Waals surface area contributed by atoms with E-state index in [1.54, 1.807) is 0 Å². The number of nitrogens with one attached hydrogen (secondary N) is 1. The number of aliphatic hydroxyl groups excluding tert-OH is 2. The van der Waals surface area contributed by atoms with E-state index in [1.165, 1.54) is 218 Å². The first-order chi connectivity index (χ1) is 25.7. The van der Waals surface area contributed by atoms with E-state index in [-0.39, 0.29) is 12.5 Å². The molecule has 3 N–H and O–H groups in total. The number of carbonyl (C=O) groups is 1. The van der Waals surface area contributed by atoms with Crippen molar-refractivity contribution in [2.24, 2.45) is 0 Å². The van der Waals surface area contributed by atoms with Crippen LogP contribution in [0.15, 0.2) is 12.2 Å². The largest absolute Gasteiger partial charge is 0.394 e. The van der Waals surface area contributed by atoms with E-state index in [2.05, 4.69) is 31.3 Å². The summed E-state index contributed by atoms with van der Waals surface area (Å²) in [5.74, 6) is -0.0316. The lowest BCUT2D eigenvalue weighted by Crippen LogP contribution is -2.45. The second kappa shape index (κ2) is 44.5. The summed E-state index contributed by atoms with van der Waals surface area (Å²) in [6.45, 7) is 4.38. The fraction of sp³-hybridized carbons (Fsp3) is 0.938. The summed E-state index contributed by atoms with van der Waals surface area (Å²) in [7, 11) is 0. The Morgan fingerprint density at radius 3 is 1.06 bits per heavy atom. The van der Waals surface area contributed by atoms with Crippen LogP contribution in [0.25, 0.3) is 0 Å². The van der Waals surface area contributed by atoms with Crippen molar-refractivity contribution < 1.29 is 15.0 Å². The Morgan fingerprint density at radius 2 is 0.731 bits per heavy atom. The fourth-order valence-corrected chi connectivity index (χ4v) is 7.59. The van der Waals surface area contributed by atoms with Crippen LogP contribution >= 0.6 is 0 Å². The second-order valence-corrected chi connectivity index (χ2v) is 16.5. The van der Waals surface area contributed by atoms with Crippen LogP contribution in [0.2, 0.25) is 0 Å². The molecular weight excluding hydrogens is 639 g/mol. The molecule has 2 atom stereocenters. The molecule has 2 unspecified atom stereocenters. The summed E-state index contributed by atoms with van der Waals surface area (Å²) in [5, 5.41) is 23.2. The third-order valence-electron chi connectivity index (χ3n) is 11.3. The maximum atomic E-state index is 12.4. The summed E-state index contributed by atoms with van der Waals surface area (Å²) in [5.41, 5.74) is 0. The van der Waals surface area contributed by atoms with Crippen molar-refractivity contribution in [3.8, 4) is 0 Å². The van der Waals surface area contributed by atoms with Crippen LogP contribution in [0.1, 0.15) is 271 Å². The first-order valence-corrected chi connectivity index (χ1v) is 23.9. The van der Waals surface area contributed by atoms with Gasteiger partial charge in [0.25, 0.3) is 0 Å². The Balaban J connectivity index is 3.48. The number of hydrogen-bond donors (Lipinski definition) is 3. The predicted molar refractivity (Wildman–Crippen MR) is 230 cm³/mol. The van der Waals surface area contributed by atoms with Gasteiger partial charge in [0.05, 0.1) is 18.8 Å². The first kappa shape index (κ1) is 51.1. The number of carbonyl (C=O) groups excluding carboxylic acids is 1. The van der Waals surface area contributed by atoms with Crippen LogP contribution in [-0.4, -0.2) is 34.9 Å². The molecule has 0 saturated carbocycles. The third-order valence-corrected chi connectivity index (χ3v) is 11.3. The van der Waals surface area contributed by atoms with E-state index in [4.69, 9.17) is 0 Å². The molecule has 1 amide bonds. The molecule has 0 radical (unpaired) electrons. The van der Waals surface area contributed by atoms with Crippen molar-refractivity contribution in [3.05, 3.63) is 12.2 Å². The average Bonchev–Trinajstić information content (AvgIpc) is 3.15. The molecule has 0 rings (SSSR count). The predicted octanol–water partition coefficient (Wildman–Crippen LogP) is 15.0. The quantitative estimate of drug-likeness (QED) is 0.0431. The van der Waals surface area contributed by atoms with Crippen molar-refractivity contribution >= 4 is 5.91 Å². The van der Waals surface area contributed by atoms with Gasteiger partial charge in [-0.15, -0.1) is 0 Å². The normalized spacial score (nSPS) is 12.9. The van der Waals surface area contributed by atoms with Crippen LogP contribution in [0.3, 0.4) is 0 Å². The van der Waals surface area contributed by atoms with Crippen molar-refractivity contribution in [2.75, 3.05) is 6.61 Å². The number of unbranched alkanes of at least 4 members (excludes halogenated alkanes) is 35. The Hall–Kier alpha value is -0.870. The maximum absolute atomic E-state index is 12.4. The Morgan fingerprint density at radius 1 is 0.442 bits per heavy atom. The minimum atomic E-state index is -0.658. The molecule has 4 heteroatoms. The lowest BCUT2D eigenvalue weighted by Gasteiger charge is -2.22. The van der Waals surface area contributed by atoms with Crippen LogP contribution in [0.4, 0.5) is 0 Å². The minimum Gasteiger partial charge on any atom is -0.394 e. The molecule has 310 valence electrons. The smallest absolute Gasteiger partial charge is 0.220 e.